The molecule has 0 unspecified atom stereocenters. The van der Waals surface area contributed by atoms with Crippen molar-refractivity contribution in [3.63, 3.8) is 0 Å². The van der Waals surface area contributed by atoms with Crippen LogP contribution >= 0.6 is 0 Å². The van der Waals surface area contributed by atoms with E-state index < -0.39 is 13.7 Å². The van der Waals surface area contributed by atoms with Crippen LogP contribution in [0.1, 0.15) is 59.3 Å². The molecular weight excluding hydrogens is 348 g/mol. The Morgan fingerprint density at radius 2 is 1.65 bits per heavy atom. The number of ether oxygens (including phenoxy) is 2. The molecule has 0 aromatic carbocycles. The minimum Gasteiger partial charge on any atom is -0.469 e. The average Bonchev–Trinajstić information content (AvgIpc) is 2.58. The van der Waals surface area contributed by atoms with Crippen molar-refractivity contribution >= 4 is 20.3 Å². The number of rotatable bonds is 7. The van der Waals surface area contributed by atoms with Crippen molar-refractivity contribution in [2.24, 2.45) is 5.41 Å². The molecule has 0 saturated heterocycles. The highest BCUT2D eigenvalue weighted by Gasteiger charge is 2.45. The third-order valence-electron chi connectivity index (χ3n) is 5.96. The van der Waals surface area contributed by atoms with E-state index in [1.54, 1.807) is 6.08 Å². The summed E-state index contributed by atoms with van der Waals surface area (Å²) in [5.74, 6) is -0.439. The molecule has 26 heavy (non-hydrogen) atoms. The molecule has 0 aliphatic heterocycles. The molecule has 0 aromatic heterocycles. The number of hydrogen-bond acceptors (Lipinski definition) is 5. The van der Waals surface area contributed by atoms with Crippen molar-refractivity contribution in [2.45, 2.75) is 83.5 Å². The van der Waals surface area contributed by atoms with Crippen molar-refractivity contribution in [3.05, 3.63) is 12.2 Å². The summed E-state index contributed by atoms with van der Waals surface area (Å²) in [6.45, 7) is 11.3. The van der Waals surface area contributed by atoms with Gasteiger partial charge in [0.05, 0.1) is 26.1 Å². The second-order valence-electron chi connectivity index (χ2n) is 8.81. The molecule has 0 radical (unpaired) electrons. The minimum absolute atomic E-state index is 0.161. The summed E-state index contributed by atoms with van der Waals surface area (Å²) in [6.07, 6.45) is 7.95. The van der Waals surface area contributed by atoms with E-state index >= 15 is 0 Å². The van der Waals surface area contributed by atoms with Gasteiger partial charge in [-0.25, -0.2) is 0 Å². The third-order valence-corrected chi connectivity index (χ3v) is 10.5. The van der Waals surface area contributed by atoms with Crippen LogP contribution in [0.15, 0.2) is 12.2 Å². The van der Waals surface area contributed by atoms with Crippen LogP contribution < -0.4 is 0 Å². The lowest BCUT2D eigenvalue weighted by molar-refractivity contribution is -0.155. The summed E-state index contributed by atoms with van der Waals surface area (Å²) in [5.41, 5.74) is -0.505. The van der Waals surface area contributed by atoms with Gasteiger partial charge >= 0.3 is 11.9 Å². The van der Waals surface area contributed by atoms with E-state index in [0.29, 0.717) is 6.42 Å². The van der Waals surface area contributed by atoms with E-state index in [0.717, 1.165) is 25.7 Å². The summed E-state index contributed by atoms with van der Waals surface area (Å²) >= 11 is 0. The maximum Gasteiger partial charge on any atom is 0.312 e. The Morgan fingerprint density at radius 3 is 2.12 bits per heavy atom. The highest BCUT2D eigenvalue weighted by atomic mass is 28.4. The second kappa shape index (κ2) is 9.18. The molecule has 1 saturated carbocycles. The van der Waals surface area contributed by atoms with Crippen molar-refractivity contribution in [1.29, 1.82) is 0 Å². The van der Waals surface area contributed by atoms with Gasteiger partial charge in [0.15, 0.2) is 8.32 Å². The molecule has 1 rings (SSSR count). The van der Waals surface area contributed by atoms with Gasteiger partial charge in [-0.15, -0.1) is 0 Å². The lowest BCUT2D eigenvalue weighted by Crippen LogP contribution is -2.46. The molecule has 0 heterocycles. The third kappa shape index (κ3) is 5.95. The number of carbonyl (C=O) groups is 2. The van der Waals surface area contributed by atoms with E-state index in [4.69, 9.17) is 9.16 Å². The quantitative estimate of drug-likeness (QED) is 0.364. The fraction of sp³-hybridized carbons (Fsp3) is 0.800. The van der Waals surface area contributed by atoms with Crippen LogP contribution in [-0.4, -0.2) is 40.6 Å². The van der Waals surface area contributed by atoms with E-state index in [1.165, 1.54) is 14.2 Å². The van der Waals surface area contributed by atoms with Crippen molar-refractivity contribution < 1.29 is 23.5 Å². The van der Waals surface area contributed by atoms with E-state index in [1.807, 2.05) is 6.08 Å². The topological polar surface area (TPSA) is 61.8 Å². The van der Waals surface area contributed by atoms with Gasteiger partial charge in [0.2, 0.25) is 0 Å². The maximum atomic E-state index is 12.4. The SMILES string of the molecule is COC(=O)C/C=C/C[C@]1(C(=O)OC)CC[C@@H](O[Si](C)(C)C(C)(C)C)CC1. The molecule has 1 fully saturated rings. The normalized spacial score (nSPS) is 24.5. The number of carbonyl (C=O) groups excluding carboxylic acids is 2. The summed E-state index contributed by atoms with van der Waals surface area (Å²) in [6, 6.07) is 0. The summed E-state index contributed by atoms with van der Waals surface area (Å²) in [7, 11) is 1.01. The predicted molar refractivity (Wildman–Crippen MR) is 105 cm³/mol. The van der Waals surface area contributed by atoms with Crippen LogP contribution in [0.25, 0.3) is 0 Å². The summed E-state index contributed by atoms with van der Waals surface area (Å²) in [5, 5.41) is 0.181. The van der Waals surface area contributed by atoms with Crippen LogP contribution in [0, 0.1) is 5.41 Å². The molecule has 150 valence electrons. The molecule has 0 N–H and O–H groups in total. The van der Waals surface area contributed by atoms with Gasteiger partial charge in [-0.05, 0) is 50.2 Å². The largest absolute Gasteiger partial charge is 0.469 e. The molecule has 6 heteroatoms. The Bertz CT molecular complexity index is 511. The van der Waals surface area contributed by atoms with Crippen molar-refractivity contribution in [2.75, 3.05) is 14.2 Å². The van der Waals surface area contributed by atoms with Crippen molar-refractivity contribution in [1.82, 2.24) is 0 Å². The van der Waals surface area contributed by atoms with Gasteiger partial charge < -0.3 is 13.9 Å². The van der Waals surface area contributed by atoms with Crippen LogP contribution in [0.4, 0.5) is 0 Å². The number of methoxy groups -OCH3 is 2. The van der Waals surface area contributed by atoms with E-state index in [2.05, 4.69) is 38.6 Å². The van der Waals surface area contributed by atoms with Crippen LogP contribution in [0.3, 0.4) is 0 Å². The highest BCUT2D eigenvalue weighted by molar-refractivity contribution is 6.74. The first-order valence-corrected chi connectivity index (χ1v) is 12.4. The van der Waals surface area contributed by atoms with Gasteiger partial charge in [-0.3, -0.25) is 9.59 Å². The van der Waals surface area contributed by atoms with Gasteiger partial charge in [0.25, 0.3) is 0 Å². The molecular formula is C20H36O5Si. The average molecular weight is 385 g/mol. The van der Waals surface area contributed by atoms with Gasteiger partial charge in [0, 0.05) is 6.10 Å². The smallest absolute Gasteiger partial charge is 0.312 e. The molecule has 0 atom stereocenters. The molecule has 0 amide bonds. The maximum absolute atomic E-state index is 12.4. The van der Waals surface area contributed by atoms with Crippen LogP contribution in [0.2, 0.25) is 18.1 Å². The fourth-order valence-electron chi connectivity index (χ4n) is 3.14. The number of esters is 2. The zero-order valence-corrected chi connectivity index (χ0v) is 18.5. The second-order valence-corrected chi connectivity index (χ2v) is 13.6. The van der Waals surface area contributed by atoms with E-state index in [9.17, 15) is 9.59 Å². The summed E-state index contributed by atoms with van der Waals surface area (Å²) in [4.78, 5) is 23.7. The highest BCUT2D eigenvalue weighted by Crippen LogP contribution is 2.44. The van der Waals surface area contributed by atoms with Crippen molar-refractivity contribution in [3.8, 4) is 0 Å². The first-order valence-electron chi connectivity index (χ1n) is 9.45. The van der Waals surface area contributed by atoms with Crippen LogP contribution in [-0.2, 0) is 23.5 Å². The molecule has 1 aliphatic carbocycles. The molecule has 0 spiro atoms. The lowest BCUT2D eigenvalue weighted by Gasteiger charge is -2.43. The Morgan fingerprint density at radius 1 is 1.08 bits per heavy atom. The minimum atomic E-state index is -1.80. The summed E-state index contributed by atoms with van der Waals surface area (Å²) < 4.78 is 16.2. The molecule has 0 bridgehead atoms. The molecule has 5 nitrogen and oxygen atoms in total. The number of hydrogen-bond donors (Lipinski definition) is 0. The Balaban J connectivity index is 2.72. The molecule has 1 aliphatic rings. The Labute approximate surface area is 159 Å². The monoisotopic (exact) mass is 384 g/mol. The van der Waals surface area contributed by atoms with Gasteiger partial charge in [-0.2, -0.15) is 0 Å². The van der Waals surface area contributed by atoms with Gasteiger partial charge in [-0.1, -0.05) is 32.9 Å². The first-order chi connectivity index (χ1) is 12.0. The lowest BCUT2D eigenvalue weighted by atomic mass is 9.71. The standard InChI is InChI=1S/C20H36O5Si/c1-19(2,3)26(6,7)25-16-11-14-20(15-12-16,18(22)24-5)13-9-8-10-17(21)23-4/h8-9,16H,10-15H2,1-7H3/b9-8+/t16-,20+. The Hall–Kier alpha value is -1.14. The fourth-order valence-corrected chi connectivity index (χ4v) is 4.56. The number of allylic oxidation sites excluding steroid dienone is 1. The van der Waals surface area contributed by atoms with Crippen LogP contribution in [0.5, 0.6) is 0 Å². The molecule has 0 aromatic rings. The van der Waals surface area contributed by atoms with Gasteiger partial charge in [0.1, 0.15) is 0 Å². The first kappa shape index (κ1) is 22.9. The predicted octanol–water partition coefficient (Wildman–Crippen LogP) is 4.62. The zero-order valence-electron chi connectivity index (χ0n) is 17.5. The van der Waals surface area contributed by atoms with E-state index in [-0.39, 0.29) is 29.5 Å². The zero-order chi connectivity index (χ0) is 20.0. The Kier molecular flexibility index (Phi) is 8.08.